The number of hydrazine groups is 1. The lowest BCUT2D eigenvalue weighted by molar-refractivity contribution is 0.544. The molecule has 1 heterocycles. The van der Waals surface area contributed by atoms with E-state index in [0.717, 1.165) is 22.5 Å². The lowest BCUT2D eigenvalue weighted by atomic mass is 9.98. The summed E-state index contributed by atoms with van der Waals surface area (Å²) < 4.78 is 13.5. The van der Waals surface area contributed by atoms with Crippen LogP contribution in [0, 0.1) is 19.7 Å². The van der Waals surface area contributed by atoms with E-state index in [0.29, 0.717) is 6.42 Å². The highest BCUT2D eigenvalue weighted by atomic mass is 35.5. The second-order valence-corrected chi connectivity index (χ2v) is 5.14. The van der Waals surface area contributed by atoms with Crippen molar-refractivity contribution in [3.05, 3.63) is 63.7 Å². The Labute approximate surface area is 122 Å². The van der Waals surface area contributed by atoms with Crippen LogP contribution in [-0.4, -0.2) is 4.98 Å². The van der Waals surface area contributed by atoms with Gasteiger partial charge in [-0.2, -0.15) is 0 Å². The number of rotatable bonds is 4. The number of aromatic nitrogens is 1. The molecular formula is C15H17ClFN3. The van der Waals surface area contributed by atoms with Crippen molar-refractivity contribution >= 4 is 11.6 Å². The standard InChI is InChI=1S/C15H17ClFN3/c1-9-6-7-12(10(2)19-9)14(20-18)8-11-4-3-5-13(17)15(11)16/h3-7,14,20H,8,18H2,1-2H3. The topological polar surface area (TPSA) is 50.9 Å². The van der Waals surface area contributed by atoms with E-state index in [2.05, 4.69) is 10.4 Å². The molecule has 0 saturated heterocycles. The van der Waals surface area contributed by atoms with Crippen LogP contribution in [0.1, 0.15) is 28.6 Å². The first kappa shape index (κ1) is 14.9. The summed E-state index contributed by atoms with van der Waals surface area (Å²) in [6, 6.07) is 8.53. The largest absolute Gasteiger partial charge is 0.271 e. The quantitative estimate of drug-likeness (QED) is 0.672. The normalized spacial score (nSPS) is 12.4. The monoisotopic (exact) mass is 293 g/mol. The van der Waals surface area contributed by atoms with Gasteiger partial charge in [0.05, 0.1) is 11.1 Å². The van der Waals surface area contributed by atoms with Gasteiger partial charge >= 0.3 is 0 Å². The molecule has 0 saturated carbocycles. The number of nitrogens with one attached hydrogen (secondary N) is 1. The van der Waals surface area contributed by atoms with Crippen LogP contribution in [0.15, 0.2) is 30.3 Å². The van der Waals surface area contributed by atoms with E-state index in [4.69, 9.17) is 17.4 Å². The Bertz CT molecular complexity index is 616. The van der Waals surface area contributed by atoms with Crippen molar-refractivity contribution < 1.29 is 4.39 Å². The molecule has 1 aromatic carbocycles. The first-order chi connectivity index (χ1) is 9.52. The number of benzene rings is 1. The van der Waals surface area contributed by atoms with Crippen LogP contribution < -0.4 is 11.3 Å². The zero-order chi connectivity index (χ0) is 14.7. The molecule has 106 valence electrons. The highest BCUT2D eigenvalue weighted by molar-refractivity contribution is 6.31. The average Bonchev–Trinajstić information content (AvgIpc) is 2.41. The van der Waals surface area contributed by atoms with E-state index in [-0.39, 0.29) is 11.1 Å². The predicted octanol–water partition coefficient (Wildman–Crippen LogP) is 3.24. The van der Waals surface area contributed by atoms with E-state index in [1.165, 1.54) is 6.07 Å². The number of pyridine rings is 1. The van der Waals surface area contributed by atoms with E-state index in [9.17, 15) is 4.39 Å². The lowest BCUT2D eigenvalue weighted by Gasteiger charge is -2.19. The number of aryl methyl sites for hydroxylation is 2. The van der Waals surface area contributed by atoms with Gasteiger partial charge in [0.1, 0.15) is 5.82 Å². The molecule has 2 aromatic rings. The van der Waals surface area contributed by atoms with Gasteiger partial charge in [-0.05, 0) is 43.5 Å². The fourth-order valence-corrected chi connectivity index (χ4v) is 2.45. The maximum absolute atomic E-state index is 13.5. The molecule has 20 heavy (non-hydrogen) atoms. The first-order valence-corrected chi connectivity index (χ1v) is 6.74. The maximum atomic E-state index is 13.5. The Balaban J connectivity index is 2.31. The van der Waals surface area contributed by atoms with Crippen LogP contribution in [0.25, 0.3) is 0 Å². The molecule has 0 aliphatic rings. The Morgan fingerprint density at radius 2 is 2.05 bits per heavy atom. The van der Waals surface area contributed by atoms with Gasteiger partial charge in [0.25, 0.3) is 0 Å². The van der Waals surface area contributed by atoms with Crippen LogP contribution >= 0.6 is 11.6 Å². The third-order valence-corrected chi connectivity index (χ3v) is 3.72. The lowest BCUT2D eigenvalue weighted by Crippen LogP contribution is -2.30. The van der Waals surface area contributed by atoms with Crippen LogP contribution in [-0.2, 0) is 6.42 Å². The Morgan fingerprint density at radius 3 is 2.70 bits per heavy atom. The van der Waals surface area contributed by atoms with Gasteiger partial charge in [0.2, 0.25) is 0 Å². The maximum Gasteiger partial charge on any atom is 0.142 e. The van der Waals surface area contributed by atoms with Gasteiger partial charge < -0.3 is 0 Å². The molecule has 0 radical (unpaired) electrons. The summed E-state index contributed by atoms with van der Waals surface area (Å²) in [5.41, 5.74) is 6.31. The van der Waals surface area contributed by atoms with Crippen molar-refractivity contribution in [2.75, 3.05) is 0 Å². The SMILES string of the molecule is Cc1ccc(C(Cc2cccc(F)c2Cl)NN)c(C)n1. The smallest absolute Gasteiger partial charge is 0.142 e. The van der Waals surface area contributed by atoms with Gasteiger partial charge in [0.15, 0.2) is 0 Å². The van der Waals surface area contributed by atoms with Crippen molar-refractivity contribution in [1.29, 1.82) is 0 Å². The van der Waals surface area contributed by atoms with Gasteiger partial charge in [-0.3, -0.25) is 16.3 Å². The van der Waals surface area contributed by atoms with Crippen molar-refractivity contribution in [1.82, 2.24) is 10.4 Å². The molecule has 0 spiro atoms. The zero-order valence-corrected chi connectivity index (χ0v) is 12.2. The van der Waals surface area contributed by atoms with E-state index in [1.54, 1.807) is 12.1 Å². The summed E-state index contributed by atoms with van der Waals surface area (Å²) in [5.74, 6) is 5.22. The number of halogens is 2. The summed E-state index contributed by atoms with van der Waals surface area (Å²) in [4.78, 5) is 4.42. The molecule has 0 aliphatic carbocycles. The molecule has 3 N–H and O–H groups in total. The minimum Gasteiger partial charge on any atom is -0.271 e. The molecule has 1 unspecified atom stereocenters. The van der Waals surface area contributed by atoms with Crippen LogP contribution in [0.5, 0.6) is 0 Å². The molecule has 0 fully saturated rings. The summed E-state index contributed by atoms with van der Waals surface area (Å²) in [6.07, 6.45) is 0.499. The molecule has 1 atom stereocenters. The van der Waals surface area contributed by atoms with Crippen molar-refractivity contribution in [2.45, 2.75) is 26.3 Å². The van der Waals surface area contributed by atoms with E-state index < -0.39 is 5.82 Å². The Morgan fingerprint density at radius 1 is 1.30 bits per heavy atom. The van der Waals surface area contributed by atoms with Gasteiger partial charge in [-0.25, -0.2) is 4.39 Å². The third-order valence-electron chi connectivity index (χ3n) is 3.30. The number of hydrogen-bond donors (Lipinski definition) is 2. The number of hydrogen-bond acceptors (Lipinski definition) is 3. The summed E-state index contributed by atoms with van der Waals surface area (Å²) >= 11 is 5.99. The summed E-state index contributed by atoms with van der Waals surface area (Å²) in [5, 5.41) is 0.144. The third kappa shape index (κ3) is 3.15. The molecule has 3 nitrogen and oxygen atoms in total. The van der Waals surface area contributed by atoms with Crippen molar-refractivity contribution in [3.8, 4) is 0 Å². The molecule has 2 rings (SSSR count). The molecule has 0 amide bonds. The zero-order valence-electron chi connectivity index (χ0n) is 11.5. The fraction of sp³-hybridized carbons (Fsp3) is 0.267. The second kappa shape index (κ2) is 6.31. The Kier molecular flexibility index (Phi) is 4.70. The average molecular weight is 294 g/mol. The van der Waals surface area contributed by atoms with Crippen LogP contribution in [0.3, 0.4) is 0 Å². The Hall–Kier alpha value is -1.49. The summed E-state index contributed by atoms with van der Waals surface area (Å²) in [7, 11) is 0. The molecular weight excluding hydrogens is 277 g/mol. The van der Waals surface area contributed by atoms with Crippen molar-refractivity contribution in [2.24, 2.45) is 5.84 Å². The van der Waals surface area contributed by atoms with Gasteiger partial charge in [-0.15, -0.1) is 0 Å². The highest BCUT2D eigenvalue weighted by Gasteiger charge is 2.16. The van der Waals surface area contributed by atoms with Crippen LogP contribution in [0.2, 0.25) is 5.02 Å². The van der Waals surface area contributed by atoms with Gasteiger partial charge in [-0.1, -0.05) is 29.8 Å². The molecule has 0 bridgehead atoms. The second-order valence-electron chi connectivity index (χ2n) is 4.76. The highest BCUT2D eigenvalue weighted by Crippen LogP contribution is 2.26. The minimum atomic E-state index is -0.418. The molecule has 5 heteroatoms. The number of nitrogens with zero attached hydrogens (tertiary/aromatic N) is 1. The van der Waals surface area contributed by atoms with Gasteiger partial charge in [0, 0.05) is 11.4 Å². The van der Waals surface area contributed by atoms with Crippen LogP contribution in [0.4, 0.5) is 4.39 Å². The first-order valence-electron chi connectivity index (χ1n) is 6.36. The van der Waals surface area contributed by atoms with E-state index in [1.807, 2.05) is 26.0 Å². The minimum absolute atomic E-state index is 0.144. The molecule has 0 aliphatic heterocycles. The van der Waals surface area contributed by atoms with E-state index >= 15 is 0 Å². The molecule has 1 aromatic heterocycles. The fourth-order valence-electron chi connectivity index (χ4n) is 2.25. The predicted molar refractivity (Wildman–Crippen MR) is 78.9 cm³/mol. The summed E-state index contributed by atoms with van der Waals surface area (Å²) in [6.45, 7) is 3.87. The number of nitrogens with two attached hydrogens (primary N) is 1. The van der Waals surface area contributed by atoms with Crippen molar-refractivity contribution in [3.63, 3.8) is 0 Å².